The SMILES string of the molecule is O=C1CS[C@@H](c2ccc([N+](=O)[O-])cc2)N1Cc1ccco1. The monoisotopic (exact) mass is 304 g/mol. The van der Waals surface area contributed by atoms with Gasteiger partial charge >= 0.3 is 0 Å². The summed E-state index contributed by atoms with van der Waals surface area (Å²) >= 11 is 1.51. The number of nitrogens with zero attached hydrogens (tertiary/aromatic N) is 2. The van der Waals surface area contributed by atoms with Gasteiger partial charge in [-0.3, -0.25) is 14.9 Å². The van der Waals surface area contributed by atoms with E-state index in [2.05, 4.69) is 0 Å². The van der Waals surface area contributed by atoms with E-state index < -0.39 is 4.92 Å². The Morgan fingerprint density at radius 3 is 2.71 bits per heavy atom. The number of carbonyl (C=O) groups excluding carboxylic acids is 1. The lowest BCUT2D eigenvalue weighted by Crippen LogP contribution is -2.27. The molecule has 0 bridgehead atoms. The van der Waals surface area contributed by atoms with Crippen molar-refractivity contribution in [3.8, 4) is 0 Å². The van der Waals surface area contributed by atoms with Crippen molar-refractivity contribution >= 4 is 23.4 Å². The maximum Gasteiger partial charge on any atom is 0.269 e. The van der Waals surface area contributed by atoms with Gasteiger partial charge in [-0.25, -0.2) is 0 Å². The lowest BCUT2D eigenvalue weighted by Gasteiger charge is -2.23. The Hall–Kier alpha value is -2.28. The molecule has 1 amide bonds. The van der Waals surface area contributed by atoms with Crippen LogP contribution in [-0.2, 0) is 11.3 Å². The van der Waals surface area contributed by atoms with Crippen molar-refractivity contribution in [3.05, 3.63) is 64.1 Å². The minimum Gasteiger partial charge on any atom is -0.467 e. The fourth-order valence-electron chi connectivity index (χ4n) is 2.23. The van der Waals surface area contributed by atoms with E-state index in [1.54, 1.807) is 29.4 Å². The molecule has 1 aromatic carbocycles. The number of nitro groups is 1. The van der Waals surface area contributed by atoms with Gasteiger partial charge < -0.3 is 9.32 Å². The van der Waals surface area contributed by atoms with E-state index in [0.29, 0.717) is 12.3 Å². The average Bonchev–Trinajstić information content (AvgIpc) is 3.11. The third-order valence-electron chi connectivity index (χ3n) is 3.26. The van der Waals surface area contributed by atoms with Crippen LogP contribution < -0.4 is 0 Å². The smallest absolute Gasteiger partial charge is 0.269 e. The molecule has 0 unspecified atom stereocenters. The molecule has 2 heterocycles. The summed E-state index contributed by atoms with van der Waals surface area (Å²) in [6.45, 7) is 0.403. The third-order valence-corrected chi connectivity index (χ3v) is 4.52. The molecule has 1 fully saturated rings. The van der Waals surface area contributed by atoms with Crippen LogP contribution in [0.4, 0.5) is 5.69 Å². The number of hydrogen-bond acceptors (Lipinski definition) is 5. The van der Waals surface area contributed by atoms with Crippen molar-refractivity contribution in [1.29, 1.82) is 0 Å². The molecule has 1 aliphatic heterocycles. The molecule has 1 saturated heterocycles. The molecule has 1 aromatic heterocycles. The molecular weight excluding hydrogens is 292 g/mol. The number of benzene rings is 1. The minimum absolute atomic E-state index is 0.0414. The second kappa shape index (κ2) is 5.61. The standard InChI is InChI=1S/C14H12N2O4S/c17-13-9-21-14(15(13)8-12-2-1-7-20-12)10-3-5-11(6-4-10)16(18)19/h1-7,14H,8-9H2/t14-/m0/s1. The first-order valence-corrected chi connectivity index (χ1v) is 7.38. The van der Waals surface area contributed by atoms with Crippen LogP contribution in [0.5, 0.6) is 0 Å². The quantitative estimate of drug-likeness (QED) is 0.641. The van der Waals surface area contributed by atoms with Gasteiger partial charge in [-0.2, -0.15) is 0 Å². The first-order chi connectivity index (χ1) is 10.1. The lowest BCUT2D eigenvalue weighted by atomic mass is 10.2. The van der Waals surface area contributed by atoms with Crippen LogP contribution in [0.1, 0.15) is 16.7 Å². The summed E-state index contributed by atoms with van der Waals surface area (Å²) in [5, 5.41) is 10.5. The molecule has 0 N–H and O–H groups in total. The number of nitro benzene ring substituents is 1. The number of furan rings is 1. The van der Waals surface area contributed by atoms with Crippen LogP contribution in [-0.4, -0.2) is 21.5 Å². The molecule has 21 heavy (non-hydrogen) atoms. The van der Waals surface area contributed by atoms with Crippen LogP contribution in [0.15, 0.2) is 47.1 Å². The minimum atomic E-state index is -0.433. The van der Waals surface area contributed by atoms with Gasteiger partial charge in [0.05, 0.1) is 23.5 Å². The van der Waals surface area contributed by atoms with Gasteiger partial charge in [-0.15, -0.1) is 11.8 Å². The van der Waals surface area contributed by atoms with Crippen LogP contribution in [0.2, 0.25) is 0 Å². The Morgan fingerprint density at radius 1 is 1.33 bits per heavy atom. The molecule has 0 aliphatic carbocycles. The van der Waals surface area contributed by atoms with E-state index in [-0.39, 0.29) is 17.0 Å². The summed E-state index contributed by atoms with van der Waals surface area (Å²) < 4.78 is 5.29. The highest BCUT2D eigenvalue weighted by molar-refractivity contribution is 8.00. The molecule has 108 valence electrons. The fraction of sp³-hybridized carbons (Fsp3) is 0.214. The number of thioether (sulfide) groups is 1. The molecule has 1 atom stereocenters. The predicted octanol–water partition coefficient (Wildman–Crippen LogP) is 2.96. The Labute approximate surface area is 124 Å². The van der Waals surface area contributed by atoms with Crippen molar-refractivity contribution in [2.24, 2.45) is 0 Å². The number of rotatable bonds is 4. The van der Waals surface area contributed by atoms with E-state index in [0.717, 1.165) is 11.3 Å². The van der Waals surface area contributed by atoms with Crippen LogP contribution >= 0.6 is 11.8 Å². The Balaban J connectivity index is 1.82. The second-order valence-corrected chi connectivity index (χ2v) is 5.68. The first kappa shape index (κ1) is 13.7. The molecule has 3 rings (SSSR count). The highest BCUT2D eigenvalue weighted by Crippen LogP contribution is 2.39. The van der Waals surface area contributed by atoms with Gasteiger partial charge in [0.15, 0.2) is 0 Å². The van der Waals surface area contributed by atoms with E-state index in [4.69, 9.17) is 4.42 Å². The predicted molar refractivity (Wildman–Crippen MR) is 77.6 cm³/mol. The summed E-state index contributed by atoms with van der Waals surface area (Å²) in [5.74, 6) is 1.17. The number of carbonyl (C=O) groups is 1. The van der Waals surface area contributed by atoms with Crippen molar-refractivity contribution in [3.63, 3.8) is 0 Å². The van der Waals surface area contributed by atoms with Crippen LogP contribution in [0.25, 0.3) is 0 Å². The van der Waals surface area contributed by atoms with Crippen molar-refractivity contribution in [1.82, 2.24) is 4.90 Å². The van der Waals surface area contributed by atoms with E-state index >= 15 is 0 Å². The van der Waals surface area contributed by atoms with Crippen molar-refractivity contribution < 1.29 is 14.1 Å². The zero-order valence-electron chi connectivity index (χ0n) is 11.0. The highest BCUT2D eigenvalue weighted by Gasteiger charge is 2.33. The van der Waals surface area contributed by atoms with Crippen LogP contribution in [0, 0.1) is 10.1 Å². The Kier molecular flexibility index (Phi) is 3.66. The van der Waals surface area contributed by atoms with Gasteiger partial charge in [-0.05, 0) is 29.8 Å². The lowest BCUT2D eigenvalue weighted by molar-refractivity contribution is -0.384. The molecular formula is C14H12N2O4S. The van der Waals surface area contributed by atoms with Gasteiger partial charge in [0.1, 0.15) is 11.1 Å². The first-order valence-electron chi connectivity index (χ1n) is 6.33. The third kappa shape index (κ3) is 2.78. The summed E-state index contributed by atoms with van der Waals surface area (Å²) in [6.07, 6.45) is 1.57. The zero-order chi connectivity index (χ0) is 14.8. The molecule has 7 heteroatoms. The summed E-state index contributed by atoms with van der Waals surface area (Å²) in [5.41, 5.74) is 0.925. The van der Waals surface area contributed by atoms with Crippen molar-refractivity contribution in [2.75, 3.05) is 5.75 Å². The highest BCUT2D eigenvalue weighted by atomic mass is 32.2. The number of non-ortho nitro benzene ring substituents is 1. The van der Waals surface area contributed by atoms with Gasteiger partial charge in [0, 0.05) is 12.1 Å². The molecule has 0 spiro atoms. The molecule has 0 saturated carbocycles. The second-order valence-electron chi connectivity index (χ2n) is 4.61. The number of amides is 1. The maximum absolute atomic E-state index is 12.0. The number of hydrogen-bond donors (Lipinski definition) is 0. The van der Waals surface area contributed by atoms with Gasteiger partial charge in [0.25, 0.3) is 5.69 Å². The largest absolute Gasteiger partial charge is 0.467 e. The fourth-order valence-corrected chi connectivity index (χ4v) is 3.42. The van der Waals surface area contributed by atoms with E-state index in [1.165, 1.54) is 23.9 Å². The normalized spacial score (nSPS) is 18.2. The van der Waals surface area contributed by atoms with Crippen LogP contribution in [0.3, 0.4) is 0 Å². The summed E-state index contributed by atoms with van der Waals surface area (Å²) in [7, 11) is 0. The molecule has 6 nitrogen and oxygen atoms in total. The topological polar surface area (TPSA) is 76.6 Å². The zero-order valence-corrected chi connectivity index (χ0v) is 11.8. The van der Waals surface area contributed by atoms with Crippen molar-refractivity contribution in [2.45, 2.75) is 11.9 Å². The maximum atomic E-state index is 12.0. The van der Waals surface area contributed by atoms with E-state index in [1.807, 2.05) is 6.07 Å². The molecule has 2 aromatic rings. The summed E-state index contributed by atoms with van der Waals surface area (Å²) in [6, 6.07) is 9.92. The van der Waals surface area contributed by atoms with Gasteiger partial charge in [0.2, 0.25) is 5.91 Å². The Morgan fingerprint density at radius 2 is 2.10 bits per heavy atom. The molecule has 1 aliphatic rings. The summed E-state index contributed by atoms with van der Waals surface area (Å²) in [4.78, 5) is 24.0. The van der Waals surface area contributed by atoms with E-state index in [9.17, 15) is 14.9 Å². The average molecular weight is 304 g/mol. The molecule has 0 radical (unpaired) electrons. The van der Waals surface area contributed by atoms with Gasteiger partial charge in [-0.1, -0.05) is 0 Å². The Bertz CT molecular complexity index is 654.